The molecule has 0 aliphatic carbocycles. The molecule has 2 rings (SSSR count). The van der Waals surface area contributed by atoms with Crippen LogP contribution < -0.4 is 5.32 Å². The largest absolute Gasteiger partial charge is 0.481 e. The molecule has 0 unspecified atom stereocenters. The standard InChI is InChI=1S/C17H22N2O2/c1-16(2,15(20)21)17(3,4)18-11-13-10-9-12-7-5-6-8-14(12)19-13/h5-10,18H,11H2,1-4H3,(H,20,21). The number of nitrogens with zero attached hydrogens (tertiary/aromatic N) is 1. The maximum Gasteiger partial charge on any atom is 0.310 e. The van der Waals surface area contributed by atoms with Gasteiger partial charge in [0.25, 0.3) is 0 Å². The van der Waals surface area contributed by atoms with Crippen molar-refractivity contribution in [3.63, 3.8) is 0 Å². The van der Waals surface area contributed by atoms with Gasteiger partial charge in [0.2, 0.25) is 0 Å². The minimum atomic E-state index is -0.871. The van der Waals surface area contributed by atoms with Crippen LogP contribution in [0.4, 0.5) is 0 Å². The van der Waals surface area contributed by atoms with E-state index in [0.717, 1.165) is 16.6 Å². The Kier molecular flexibility index (Phi) is 4.01. The molecule has 0 radical (unpaired) electrons. The van der Waals surface area contributed by atoms with E-state index >= 15 is 0 Å². The Morgan fingerprint density at radius 1 is 1.14 bits per heavy atom. The van der Waals surface area contributed by atoms with E-state index in [1.807, 2.05) is 50.2 Å². The zero-order valence-electron chi connectivity index (χ0n) is 13.0. The first-order chi connectivity index (χ1) is 9.74. The molecule has 0 spiro atoms. The van der Waals surface area contributed by atoms with Gasteiger partial charge >= 0.3 is 5.97 Å². The van der Waals surface area contributed by atoms with Crippen molar-refractivity contribution >= 4 is 16.9 Å². The summed E-state index contributed by atoms with van der Waals surface area (Å²) in [7, 11) is 0. The fraction of sp³-hybridized carbons (Fsp3) is 0.412. The second-order valence-corrected chi connectivity index (χ2v) is 6.40. The van der Waals surface area contributed by atoms with Crippen LogP contribution in [0.3, 0.4) is 0 Å². The molecule has 0 aliphatic heterocycles. The molecule has 0 aliphatic rings. The van der Waals surface area contributed by atoms with E-state index in [0.29, 0.717) is 6.54 Å². The van der Waals surface area contributed by atoms with Gasteiger partial charge in [0.1, 0.15) is 0 Å². The minimum absolute atomic E-state index is 0.536. The lowest BCUT2D eigenvalue weighted by atomic mass is 9.74. The molecule has 21 heavy (non-hydrogen) atoms. The van der Waals surface area contributed by atoms with Gasteiger partial charge in [-0.1, -0.05) is 24.3 Å². The molecule has 1 heterocycles. The molecular formula is C17H22N2O2. The van der Waals surface area contributed by atoms with Crippen LogP contribution in [0, 0.1) is 5.41 Å². The predicted octanol–water partition coefficient (Wildman–Crippen LogP) is 3.21. The Balaban J connectivity index is 2.16. The Morgan fingerprint density at radius 3 is 2.48 bits per heavy atom. The summed E-state index contributed by atoms with van der Waals surface area (Å²) >= 11 is 0. The number of hydrogen-bond acceptors (Lipinski definition) is 3. The molecule has 4 nitrogen and oxygen atoms in total. The number of carboxylic acids is 1. The monoisotopic (exact) mass is 286 g/mol. The normalized spacial score (nSPS) is 12.6. The number of carboxylic acid groups (broad SMARTS) is 1. The third-order valence-electron chi connectivity index (χ3n) is 4.46. The summed E-state index contributed by atoms with van der Waals surface area (Å²) in [4.78, 5) is 16.0. The van der Waals surface area contributed by atoms with E-state index in [2.05, 4.69) is 10.3 Å². The van der Waals surface area contributed by atoms with Crippen molar-refractivity contribution in [1.29, 1.82) is 0 Å². The van der Waals surface area contributed by atoms with Gasteiger partial charge in [-0.3, -0.25) is 9.78 Å². The third-order valence-corrected chi connectivity index (χ3v) is 4.46. The highest BCUT2D eigenvalue weighted by Crippen LogP contribution is 2.31. The Bertz CT molecular complexity index is 663. The summed E-state index contributed by atoms with van der Waals surface area (Å²) in [6.45, 7) is 7.81. The maximum absolute atomic E-state index is 11.4. The summed E-state index contributed by atoms with van der Waals surface area (Å²) in [6, 6.07) is 12.0. The van der Waals surface area contributed by atoms with E-state index < -0.39 is 16.9 Å². The molecule has 0 fully saturated rings. The number of aromatic nitrogens is 1. The van der Waals surface area contributed by atoms with Gasteiger partial charge in [-0.2, -0.15) is 0 Å². The van der Waals surface area contributed by atoms with E-state index in [1.54, 1.807) is 13.8 Å². The highest BCUT2D eigenvalue weighted by Gasteiger charge is 2.43. The molecular weight excluding hydrogens is 264 g/mol. The first kappa shape index (κ1) is 15.4. The Hall–Kier alpha value is -1.94. The van der Waals surface area contributed by atoms with Crippen molar-refractivity contribution < 1.29 is 9.90 Å². The van der Waals surface area contributed by atoms with Crippen molar-refractivity contribution in [1.82, 2.24) is 10.3 Å². The smallest absolute Gasteiger partial charge is 0.310 e. The topological polar surface area (TPSA) is 62.2 Å². The van der Waals surface area contributed by atoms with Crippen molar-refractivity contribution in [2.75, 3.05) is 0 Å². The van der Waals surface area contributed by atoms with Crippen molar-refractivity contribution in [2.24, 2.45) is 5.41 Å². The number of fused-ring (bicyclic) bond motifs is 1. The first-order valence-electron chi connectivity index (χ1n) is 7.07. The van der Waals surface area contributed by atoms with Gasteiger partial charge < -0.3 is 10.4 Å². The number of benzene rings is 1. The number of rotatable bonds is 5. The van der Waals surface area contributed by atoms with Gasteiger partial charge in [-0.25, -0.2) is 0 Å². The first-order valence-corrected chi connectivity index (χ1v) is 7.07. The molecule has 0 saturated heterocycles. The lowest BCUT2D eigenvalue weighted by Gasteiger charge is -2.39. The van der Waals surface area contributed by atoms with Crippen LogP contribution in [-0.2, 0) is 11.3 Å². The molecule has 4 heteroatoms. The molecule has 112 valence electrons. The molecule has 2 aromatic rings. The minimum Gasteiger partial charge on any atom is -0.481 e. The number of hydrogen-bond donors (Lipinski definition) is 2. The van der Waals surface area contributed by atoms with Gasteiger partial charge in [-0.15, -0.1) is 0 Å². The SMILES string of the molecule is CC(C)(NCc1ccc2ccccc2n1)C(C)(C)C(=O)O. The molecule has 0 saturated carbocycles. The fourth-order valence-corrected chi connectivity index (χ4v) is 2.01. The molecule has 1 aromatic heterocycles. The second-order valence-electron chi connectivity index (χ2n) is 6.40. The number of aliphatic carboxylic acids is 1. The predicted molar refractivity (Wildman–Crippen MR) is 84.1 cm³/mol. The van der Waals surface area contributed by atoms with Gasteiger partial charge in [-0.05, 0) is 39.8 Å². The molecule has 0 atom stereocenters. The third kappa shape index (κ3) is 3.05. The molecule has 0 amide bonds. The quantitative estimate of drug-likeness (QED) is 0.886. The van der Waals surface area contributed by atoms with Crippen LogP contribution in [0.1, 0.15) is 33.4 Å². The summed E-state index contributed by atoms with van der Waals surface area (Å²) < 4.78 is 0. The fourth-order valence-electron chi connectivity index (χ4n) is 2.01. The Labute approximate surface area is 125 Å². The van der Waals surface area contributed by atoms with Crippen LogP contribution in [0.25, 0.3) is 10.9 Å². The Morgan fingerprint density at radius 2 is 1.81 bits per heavy atom. The molecule has 1 aromatic carbocycles. The number of pyridine rings is 1. The average Bonchev–Trinajstić information content (AvgIpc) is 2.44. The second kappa shape index (κ2) is 5.45. The highest BCUT2D eigenvalue weighted by atomic mass is 16.4. The van der Waals surface area contributed by atoms with Crippen LogP contribution >= 0.6 is 0 Å². The highest BCUT2D eigenvalue weighted by molar-refractivity contribution is 5.78. The summed E-state index contributed by atoms with van der Waals surface area (Å²) in [6.07, 6.45) is 0. The van der Waals surface area contributed by atoms with Gasteiger partial charge in [0, 0.05) is 17.5 Å². The number of para-hydroxylation sites is 1. The lowest BCUT2D eigenvalue weighted by molar-refractivity contribution is -0.151. The van der Waals surface area contributed by atoms with Crippen LogP contribution in [-0.4, -0.2) is 21.6 Å². The maximum atomic E-state index is 11.4. The van der Waals surface area contributed by atoms with Crippen molar-refractivity contribution in [3.05, 3.63) is 42.1 Å². The number of nitrogens with one attached hydrogen (secondary N) is 1. The number of carbonyl (C=O) groups is 1. The van der Waals surface area contributed by atoms with Crippen LogP contribution in [0.5, 0.6) is 0 Å². The van der Waals surface area contributed by atoms with E-state index in [4.69, 9.17) is 0 Å². The van der Waals surface area contributed by atoms with E-state index in [-0.39, 0.29) is 0 Å². The molecule has 0 bridgehead atoms. The zero-order valence-corrected chi connectivity index (χ0v) is 13.0. The zero-order chi connectivity index (χ0) is 15.7. The van der Waals surface area contributed by atoms with E-state index in [9.17, 15) is 9.90 Å². The average molecular weight is 286 g/mol. The summed E-state index contributed by atoms with van der Waals surface area (Å²) in [5, 5.41) is 13.8. The summed E-state index contributed by atoms with van der Waals surface area (Å²) in [5.74, 6) is -0.813. The van der Waals surface area contributed by atoms with Crippen molar-refractivity contribution in [2.45, 2.75) is 39.8 Å². The van der Waals surface area contributed by atoms with Gasteiger partial charge in [0.15, 0.2) is 0 Å². The van der Waals surface area contributed by atoms with E-state index in [1.165, 1.54) is 0 Å². The van der Waals surface area contributed by atoms with Crippen molar-refractivity contribution in [3.8, 4) is 0 Å². The molecule has 2 N–H and O–H groups in total. The lowest BCUT2D eigenvalue weighted by Crippen LogP contribution is -2.54. The van der Waals surface area contributed by atoms with Crippen LogP contribution in [0.2, 0.25) is 0 Å². The van der Waals surface area contributed by atoms with Crippen LogP contribution in [0.15, 0.2) is 36.4 Å². The van der Waals surface area contributed by atoms with Gasteiger partial charge in [0.05, 0.1) is 16.6 Å². The summed E-state index contributed by atoms with van der Waals surface area (Å²) in [5.41, 5.74) is 0.436.